The zero-order valence-electron chi connectivity index (χ0n) is 13.9. The number of para-hydroxylation sites is 1. The molecule has 3 amide bonds. The molecule has 1 unspecified atom stereocenters. The maximum atomic E-state index is 12.5. The lowest BCUT2D eigenvalue weighted by molar-refractivity contribution is -0.490. The van der Waals surface area contributed by atoms with Crippen LogP contribution in [0.5, 0.6) is 0 Å². The molecule has 2 aromatic rings. The van der Waals surface area contributed by atoms with Crippen LogP contribution >= 0.6 is 11.3 Å². The fraction of sp³-hybridized carbons (Fsp3) is 0.278. The number of rotatable bonds is 5. The number of hydroxylamine groups is 1. The Hall–Kier alpha value is -2.67. The first kappa shape index (κ1) is 17.2. The van der Waals surface area contributed by atoms with Crippen LogP contribution in [0.4, 0.5) is 10.5 Å². The van der Waals surface area contributed by atoms with Crippen molar-refractivity contribution in [2.75, 3.05) is 18.0 Å². The van der Waals surface area contributed by atoms with Gasteiger partial charge in [0.15, 0.2) is 12.3 Å². The van der Waals surface area contributed by atoms with Crippen molar-refractivity contribution < 1.29 is 14.3 Å². The van der Waals surface area contributed by atoms with Crippen LogP contribution in [0, 0.1) is 5.21 Å². The van der Waals surface area contributed by atoms with Gasteiger partial charge in [0, 0.05) is 18.8 Å². The summed E-state index contributed by atoms with van der Waals surface area (Å²) in [5, 5.41) is 14.0. The van der Waals surface area contributed by atoms with Gasteiger partial charge in [-0.2, -0.15) is 0 Å². The molecule has 0 radical (unpaired) electrons. The Kier molecular flexibility index (Phi) is 5.14. The van der Waals surface area contributed by atoms with Gasteiger partial charge in [0.1, 0.15) is 0 Å². The lowest BCUT2D eigenvalue weighted by Gasteiger charge is -2.19. The zero-order valence-corrected chi connectivity index (χ0v) is 14.7. The number of carbonyl (C=O) groups excluding carboxylic acids is 2. The Morgan fingerprint density at radius 3 is 2.72 bits per heavy atom. The Morgan fingerprint density at radius 2 is 2.04 bits per heavy atom. The zero-order chi connectivity index (χ0) is 17.8. The molecule has 1 aliphatic heterocycles. The summed E-state index contributed by atoms with van der Waals surface area (Å²) in [4.78, 5) is 28.6. The average Bonchev–Trinajstić information content (AvgIpc) is 3.25. The second-order valence-electron chi connectivity index (χ2n) is 5.87. The van der Waals surface area contributed by atoms with E-state index in [-0.39, 0.29) is 18.4 Å². The van der Waals surface area contributed by atoms with E-state index in [4.69, 9.17) is 0 Å². The Balaban J connectivity index is 1.63. The number of carbonyl (C=O) groups is 2. The van der Waals surface area contributed by atoms with E-state index in [9.17, 15) is 14.8 Å². The first-order valence-corrected chi connectivity index (χ1v) is 8.95. The van der Waals surface area contributed by atoms with E-state index in [0.29, 0.717) is 13.1 Å². The van der Waals surface area contributed by atoms with Crippen LogP contribution in [0.3, 0.4) is 0 Å². The van der Waals surface area contributed by atoms with E-state index in [0.717, 1.165) is 15.3 Å². The summed E-state index contributed by atoms with van der Waals surface area (Å²) in [6, 6.07) is 12.1. The molecule has 130 valence electrons. The van der Waals surface area contributed by atoms with Gasteiger partial charge in [-0.1, -0.05) is 24.3 Å². The van der Waals surface area contributed by atoms with E-state index >= 15 is 0 Å². The third-order valence-corrected chi connectivity index (χ3v) is 4.89. The van der Waals surface area contributed by atoms with Crippen molar-refractivity contribution in [3.05, 3.63) is 57.9 Å². The molecule has 7 heteroatoms. The Morgan fingerprint density at radius 1 is 1.28 bits per heavy atom. The van der Waals surface area contributed by atoms with Crippen LogP contribution in [0.2, 0.25) is 0 Å². The number of hydrogen-bond acceptors (Lipinski definition) is 4. The predicted molar refractivity (Wildman–Crippen MR) is 98.1 cm³/mol. The van der Waals surface area contributed by atoms with E-state index in [2.05, 4.69) is 0 Å². The molecule has 0 spiro atoms. The van der Waals surface area contributed by atoms with Crippen LogP contribution in [-0.2, 0) is 4.79 Å². The first-order valence-electron chi connectivity index (χ1n) is 8.07. The van der Waals surface area contributed by atoms with Gasteiger partial charge >= 0.3 is 6.03 Å². The van der Waals surface area contributed by atoms with Gasteiger partial charge in [-0.3, -0.25) is 14.6 Å². The maximum Gasteiger partial charge on any atom is 0.331 e. The second-order valence-corrected chi connectivity index (χ2v) is 6.85. The summed E-state index contributed by atoms with van der Waals surface area (Å²) < 4.78 is 0.777. The number of benzene rings is 1. The summed E-state index contributed by atoms with van der Waals surface area (Å²) in [5.41, 5.74) is 0.771. The molecule has 2 heterocycles. The molecule has 0 saturated carbocycles. The van der Waals surface area contributed by atoms with E-state index in [1.807, 2.05) is 47.8 Å². The van der Waals surface area contributed by atoms with E-state index in [1.54, 1.807) is 11.8 Å². The number of nitrogens with zero attached hydrogens (tertiary/aromatic N) is 3. The van der Waals surface area contributed by atoms with Gasteiger partial charge in [-0.25, -0.2) is 9.53 Å². The summed E-state index contributed by atoms with van der Waals surface area (Å²) in [7, 11) is 0. The molecule has 0 N–H and O–H groups in total. The number of thiophene rings is 1. The van der Waals surface area contributed by atoms with Crippen molar-refractivity contribution in [3.63, 3.8) is 0 Å². The molecule has 0 aliphatic carbocycles. The molecule has 6 nitrogen and oxygen atoms in total. The molecule has 3 rings (SSSR count). The quantitative estimate of drug-likeness (QED) is 0.358. The summed E-state index contributed by atoms with van der Waals surface area (Å²) in [5.74, 6) is -0.323. The molecule has 1 aromatic carbocycles. The van der Waals surface area contributed by atoms with Crippen molar-refractivity contribution >= 4 is 35.2 Å². The Bertz CT molecular complexity index is 774. The molecule has 1 aromatic heterocycles. The smallest absolute Gasteiger partial charge is 0.331 e. The predicted octanol–water partition coefficient (Wildman–Crippen LogP) is 2.92. The monoisotopic (exact) mass is 357 g/mol. The number of anilines is 1. The molecule has 1 saturated heterocycles. The van der Waals surface area contributed by atoms with Gasteiger partial charge in [-0.05, 0) is 30.5 Å². The van der Waals surface area contributed by atoms with Crippen LogP contribution in [0.15, 0.2) is 47.8 Å². The molecule has 1 atom stereocenters. The highest BCUT2D eigenvalue weighted by Crippen LogP contribution is 2.20. The molecule has 25 heavy (non-hydrogen) atoms. The molecule has 1 aliphatic rings. The number of hydrogen-bond donors (Lipinski definition) is 0. The van der Waals surface area contributed by atoms with Crippen LogP contribution in [-0.4, -0.2) is 46.9 Å². The minimum Gasteiger partial charge on any atom is -0.624 e. The van der Waals surface area contributed by atoms with E-state index < -0.39 is 6.04 Å². The lowest BCUT2D eigenvalue weighted by atomic mass is 10.2. The van der Waals surface area contributed by atoms with Crippen LogP contribution < -0.4 is 4.90 Å². The minimum absolute atomic E-state index is 0.000253. The lowest BCUT2D eigenvalue weighted by Crippen LogP contribution is -2.38. The number of imide groups is 1. The molecule has 1 fully saturated rings. The fourth-order valence-corrected chi connectivity index (χ4v) is 3.32. The highest BCUT2D eigenvalue weighted by Gasteiger charge is 2.35. The fourth-order valence-electron chi connectivity index (χ4n) is 2.69. The van der Waals surface area contributed by atoms with Gasteiger partial charge in [-0.15, -0.1) is 11.3 Å². The highest BCUT2D eigenvalue weighted by molar-refractivity contribution is 7.11. The Labute approximate surface area is 150 Å². The van der Waals surface area contributed by atoms with Crippen molar-refractivity contribution in [3.8, 4) is 0 Å². The third kappa shape index (κ3) is 3.88. The average molecular weight is 357 g/mol. The van der Waals surface area contributed by atoms with Gasteiger partial charge in [0.25, 0.3) is 0 Å². The first-order chi connectivity index (χ1) is 12.1. The largest absolute Gasteiger partial charge is 0.624 e. The van der Waals surface area contributed by atoms with E-state index in [1.165, 1.54) is 22.5 Å². The summed E-state index contributed by atoms with van der Waals surface area (Å²) >= 11 is 1.46. The van der Waals surface area contributed by atoms with Gasteiger partial charge < -0.3 is 5.21 Å². The standard InChI is InChI=1S/C18H19N3O3S/c1-14(21(24)13-16-8-5-11-25-16)12-17(22)20-10-9-19(18(20)23)15-6-3-2-4-7-15/h2-8,11,13-14H,9-10,12H2,1H3/b21-13-. The number of urea groups is 1. The highest BCUT2D eigenvalue weighted by atomic mass is 32.1. The topological polar surface area (TPSA) is 66.7 Å². The van der Waals surface area contributed by atoms with Gasteiger partial charge in [0.2, 0.25) is 5.91 Å². The normalized spacial score (nSPS) is 16.4. The molecular weight excluding hydrogens is 338 g/mol. The van der Waals surface area contributed by atoms with Crippen LogP contribution in [0.1, 0.15) is 18.2 Å². The molecule has 0 bridgehead atoms. The van der Waals surface area contributed by atoms with Crippen molar-refractivity contribution in [2.45, 2.75) is 19.4 Å². The SMILES string of the molecule is CC(CC(=O)N1CCN(c2ccccc2)C1=O)/[N+]([O-])=C/c1cccs1. The van der Waals surface area contributed by atoms with Gasteiger partial charge in [0.05, 0.1) is 11.3 Å². The summed E-state index contributed by atoms with van der Waals surface area (Å²) in [6.45, 7) is 2.49. The van der Waals surface area contributed by atoms with Crippen LogP contribution in [0.25, 0.3) is 0 Å². The maximum absolute atomic E-state index is 12.5. The minimum atomic E-state index is -0.534. The summed E-state index contributed by atoms with van der Waals surface area (Å²) in [6.07, 6.45) is 1.48. The van der Waals surface area contributed by atoms with Crippen molar-refractivity contribution in [1.29, 1.82) is 0 Å². The second kappa shape index (κ2) is 7.48. The number of amides is 3. The third-order valence-electron chi connectivity index (χ3n) is 4.08. The van der Waals surface area contributed by atoms with Crippen molar-refractivity contribution in [2.24, 2.45) is 0 Å². The van der Waals surface area contributed by atoms with Crippen molar-refractivity contribution in [1.82, 2.24) is 4.90 Å². The molecular formula is C18H19N3O3S.